The normalized spacial score (nSPS) is 26.9. The lowest BCUT2D eigenvalue weighted by Crippen LogP contribution is -2.52. The molecule has 5 heteroatoms. The van der Waals surface area contributed by atoms with Crippen LogP contribution in [0.25, 0.3) is 0 Å². The molecule has 0 spiro atoms. The van der Waals surface area contributed by atoms with Gasteiger partial charge in [0, 0.05) is 13.1 Å². The van der Waals surface area contributed by atoms with Crippen LogP contribution in [0.3, 0.4) is 0 Å². The Balaban J connectivity index is 1.80. The van der Waals surface area contributed by atoms with Crippen LogP contribution in [-0.2, 0) is 4.79 Å². The summed E-state index contributed by atoms with van der Waals surface area (Å²) >= 11 is 0. The Kier molecular flexibility index (Phi) is 5.89. The predicted octanol–water partition coefficient (Wildman–Crippen LogP) is 2.30. The molecule has 1 aromatic carbocycles. The van der Waals surface area contributed by atoms with Crippen molar-refractivity contribution in [1.29, 1.82) is 0 Å². The van der Waals surface area contributed by atoms with Crippen molar-refractivity contribution in [3.63, 3.8) is 0 Å². The van der Waals surface area contributed by atoms with E-state index in [1.54, 1.807) is 19.1 Å². The predicted molar refractivity (Wildman–Crippen MR) is 86.4 cm³/mol. The quantitative estimate of drug-likeness (QED) is 0.843. The van der Waals surface area contributed by atoms with Gasteiger partial charge in [-0.05, 0) is 57.4 Å². The minimum Gasteiger partial charge on any atom is -0.389 e. The number of halogens is 1. The molecule has 0 aliphatic carbocycles. The van der Waals surface area contributed by atoms with Crippen molar-refractivity contribution in [3.05, 3.63) is 35.6 Å². The van der Waals surface area contributed by atoms with E-state index in [9.17, 15) is 19.4 Å². The monoisotopic (exact) mass is 323 g/mol. The SMILES string of the molecule is CC(=O)[C@H]1CN(CCCC(O)c2ccc(F)cc2)CC[C@]1(C)O. The molecule has 0 bridgehead atoms. The molecule has 2 N–H and O–H groups in total. The van der Waals surface area contributed by atoms with Gasteiger partial charge in [0.05, 0.1) is 17.6 Å². The number of likely N-dealkylation sites (tertiary alicyclic amines) is 1. The van der Waals surface area contributed by atoms with E-state index in [4.69, 9.17) is 0 Å². The molecule has 1 aliphatic heterocycles. The number of hydrogen-bond donors (Lipinski definition) is 2. The molecule has 3 atom stereocenters. The molecule has 1 fully saturated rings. The van der Waals surface area contributed by atoms with Crippen LogP contribution < -0.4 is 0 Å². The van der Waals surface area contributed by atoms with Gasteiger partial charge in [-0.25, -0.2) is 4.39 Å². The first kappa shape index (κ1) is 18.0. The highest BCUT2D eigenvalue weighted by Gasteiger charge is 2.39. The lowest BCUT2D eigenvalue weighted by atomic mass is 9.80. The van der Waals surface area contributed by atoms with E-state index >= 15 is 0 Å². The number of piperidine rings is 1. The summed E-state index contributed by atoms with van der Waals surface area (Å²) < 4.78 is 12.9. The summed E-state index contributed by atoms with van der Waals surface area (Å²) in [5.74, 6) is -0.638. The fourth-order valence-electron chi connectivity index (χ4n) is 3.23. The zero-order valence-electron chi connectivity index (χ0n) is 13.8. The van der Waals surface area contributed by atoms with Crippen LogP contribution in [0, 0.1) is 11.7 Å². The molecule has 0 radical (unpaired) electrons. The summed E-state index contributed by atoms with van der Waals surface area (Å²) in [5.41, 5.74) is -0.203. The number of nitrogens with zero attached hydrogens (tertiary/aromatic N) is 1. The van der Waals surface area contributed by atoms with Crippen LogP contribution >= 0.6 is 0 Å². The summed E-state index contributed by atoms with van der Waals surface area (Å²) in [6.07, 6.45) is 1.35. The van der Waals surface area contributed by atoms with Crippen LogP contribution in [0.5, 0.6) is 0 Å². The Hall–Kier alpha value is -1.30. The average molecular weight is 323 g/mol. The molecule has 0 amide bonds. The average Bonchev–Trinajstić information content (AvgIpc) is 2.48. The first-order valence-electron chi connectivity index (χ1n) is 8.18. The lowest BCUT2D eigenvalue weighted by molar-refractivity contribution is -0.135. The van der Waals surface area contributed by atoms with E-state index in [1.807, 2.05) is 0 Å². The topological polar surface area (TPSA) is 60.8 Å². The molecular formula is C18H26FNO3. The molecule has 0 aromatic heterocycles. The molecule has 4 nitrogen and oxygen atoms in total. The number of aliphatic hydroxyl groups is 2. The molecule has 23 heavy (non-hydrogen) atoms. The largest absolute Gasteiger partial charge is 0.389 e. The summed E-state index contributed by atoms with van der Waals surface area (Å²) in [6, 6.07) is 5.90. The van der Waals surface area contributed by atoms with Gasteiger partial charge in [0.15, 0.2) is 0 Å². The fraction of sp³-hybridized carbons (Fsp3) is 0.611. The van der Waals surface area contributed by atoms with Crippen LogP contribution in [0.1, 0.15) is 44.8 Å². The van der Waals surface area contributed by atoms with Gasteiger partial charge in [-0.2, -0.15) is 0 Å². The molecular weight excluding hydrogens is 297 g/mol. The van der Waals surface area contributed by atoms with Crippen LogP contribution in [0.15, 0.2) is 24.3 Å². The third-order valence-electron chi connectivity index (χ3n) is 4.82. The van der Waals surface area contributed by atoms with Gasteiger partial charge in [-0.3, -0.25) is 4.79 Å². The van der Waals surface area contributed by atoms with E-state index in [-0.39, 0.29) is 17.5 Å². The van der Waals surface area contributed by atoms with E-state index in [1.165, 1.54) is 19.1 Å². The van der Waals surface area contributed by atoms with Gasteiger partial charge >= 0.3 is 0 Å². The molecule has 1 aromatic rings. The standard InChI is InChI=1S/C18H26FNO3/c1-13(21)16-12-20(11-9-18(16,2)23)10-3-4-17(22)14-5-7-15(19)8-6-14/h5-8,16-17,22-23H,3-4,9-12H2,1-2H3/t16-,17?,18+/m1/s1. The second-order valence-electron chi connectivity index (χ2n) is 6.78. The molecule has 0 saturated carbocycles. The maximum Gasteiger partial charge on any atom is 0.137 e. The fourth-order valence-corrected chi connectivity index (χ4v) is 3.23. The Labute approximate surface area is 136 Å². The zero-order chi connectivity index (χ0) is 17.0. The number of carbonyl (C=O) groups excluding carboxylic acids is 1. The first-order chi connectivity index (χ1) is 10.8. The summed E-state index contributed by atoms with van der Waals surface area (Å²) in [5, 5.41) is 20.4. The van der Waals surface area contributed by atoms with Crippen molar-refractivity contribution in [2.24, 2.45) is 5.92 Å². The summed E-state index contributed by atoms with van der Waals surface area (Å²) in [4.78, 5) is 13.9. The number of benzene rings is 1. The van der Waals surface area contributed by atoms with Gasteiger partial charge < -0.3 is 15.1 Å². The van der Waals surface area contributed by atoms with Gasteiger partial charge in [-0.1, -0.05) is 12.1 Å². The minimum atomic E-state index is -0.921. The number of rotatable bonds is 6. The number of Topliss-reactive ketones (excluding diaryl/α,β-unsaturated/α-hetero) is 1. The Morgan fingerprint density at radius 2 is 2.09 bits per heavy atom. The Morgan fingerprint density at radius 3 is 2.70 bits per heavy atom. The molecule has 1 heterocycles. The highest BCUT2D eigenvalue weighted by atomic mass is 19.1. The van der Waals surface area contributed by atoms with Crippen LogP contribution in [0.4, 0.5) is 4.39 Å². The lowest BCUT2D eigenvalue weighted by Gasteiger charge is -2.41. The number of carbonyl (C=O) groups is 1. The third-order valence-corrected chi connectivity index (χ3v) is 4.82. The highest BCUT2D eigenvalue weighted by Crippen LogP contribution is 2.29. The minimum absolute atomic E-state index is 0.0195. The van der Waals surface area contributed by atoms with Crippen molar-refractivity contribution < 1.29 is 19.4 Å². The molecule has 1 saturated heterocycles. The first-order valence-corrected chi connectivity index (χ1v) is 8.18. The maximum atomic E-state index is 12.9. The van der Waals surface area contributed by atoms with Gasteiger partial charge in [0.25, 0.3) is 0 Å². The van der Waals surface area contributed by atoms with E-state index in [0.717, 1.165) is 25.1 Å². The Bertz CT molecular complexity index is 530. The smallest absolute Gasteiger partial charge is 0.137 e. The third kappa shape index (κ3) is 4.83. The Morgan fingerprint density at radius 1 is 1.43 bits per heavy atom. The van der Waals surface area contributed by atoms with Gasteiger partial charge in [-0.15, -0.1) is 0 Å². The van der Waals surface area contributed by atoms with E-state index < -0.39 is 11.7 Å². The second kappa shape index (κ2) is 7.51. The summed E-state index contributed by atoms with van der Waals surface area (Å²) in [7, 11) is 0. The van der Waals surface area contributed by atoms with Crippen molar-refractivity contribution in [2.45, 2.75) is 44.8 Å². The maximum absolute atomic E-state index is 12.9. The van der Waals surface area contributed by atoms with Crippen LogP contribution in [0.2, 0.25) is 0 Å². The molecule has 2 rings (SSSR count). The molecule has 128 valence electrons. The number of hydrogen-bond acceptors (Lipinski definition) is 4. The van der Waals surface area contributed by atoms with Crippen molar-refractivity contribution >= 4 is 5.78 Å². The van der Waals surface area contributed by atoms with Gasteiger partial charge in [0.1, 0.15) is 11.6 Å². The van der Waals surface area contributed by atoms with Crippen molar-refractivity contribution in [3.8, 4) is 0 Å². The van der Waals surface area contributed by atoms with Crippen molar-refractivity contribution in [1.82, 2.24) is 4.90 Å². The second-order valence-corrected chi connectivity index (χ2v) is 6.78. The van der Waals surface area contributed by atoms with Gasteiger partial charge in [0.2, 0.25) is 0 Å². The molecule has 1 unspecified atom stereocenters. The van der Waals surface area contributed by atoms with Crippen LogP contribution in [-0.4, -0.2) is 46.1 Å². The number of ketones is 1. The molecule has 1 aliphatic rings. The number of aliphatic hydroxyl groups excluding tert-OH is 1. The van der Waals surface area contributed by atoms with Crippen molar-refractivity contribution in [2.75, 3.05) is 19.6 Å². The highest BCUT2D eigenvalue weighted by molar-refractivity contribution is 5.79. The van der Waals surface area contributed by atoms with E-state index in [2.05, 4.69) is 4.90 Å². The van der Waals surface area contributed by atoms with E-state index in [0.29, 0.717) is 19.4 Å². The summed E-state index contributed by atoms with van der Waals surface area (Å²) in [6.45, 7) is 5.35. The zero-order valence-corrected chi connectivity index (χ0v) is 13.8.